The maximum Gasteiger partial charge on any atom is 0.0613 e. The summed E-state index contributed by atoms with van der Waals surface area (Å²) in [4.78, 5) is 0. The molecule has 0 spiro atoms. The largest absolute Gasteiger partial charge is 0.394 e. The second-order valence-electron chi connectivity index (χ2n) is 8.18. The van der Waals surface area contributed by atoms with Gasteiger partial charge in [-0.3, -0.25) is 0 Å². The van der Waals surface area contributed by atoms with Crippen LogP contribution in [0.5, 0.6) is 0 Å². The predicted octanol–water partition coefficient (Wildman–Crippen LogP) is 3.10. The lowest BCUT2D eigenvalue weighted by molar-refractivity contribution is -0.0299. The van der Waals surface area contributed by atoms with Crippen LogP contribution in [0.2, 0.25) is 0 Å². The van der Waals surface area contributed by atoms with Gasteiger partial charge in [-0.25, -0.2) is 0 Å². The fourth-order valence-electron chi connectivity index (χ4n) is 4.57. The van der Waals surface area contributed by atoms with E-state index in [1.54, 1.807) is 0 Å². The monoisotopic (exact) mass is 283 g/mol. The summed E-state index contributed by atoms with van der Waals surface area (Å²) < 4.78 is 6.15. The van der Waals surface area contributed by atoms with Crippen molar-refractivity contribution in [3.63, 3.8) is 0 Å². The lowest BCUT2D eigenvalue weighted by atomic mass is 9.71. The molecule has 0 aromatic heterocycles. The average molecular weight is 283 g/mol. The highest BCUT2D eigenvalue weighted by Gasteiger charge is 2.39. The molecule has 3 nitrogen and oxygen atoms in total. The Morgan fingerprint density at radius 2 is 2.05 bits per heavy atom. The SMILES string of the molecule is CC1CC(OCCC2CCCC2(N)CO)CC(C)(C)C1. The van der Waals surface area contributed by atoms with E-state index in [-0.39, 0.29) is 12.1 Å². The van der Waals surface area contributed by atoms with Crippen molar-refractivity contribution in [2.45, 2.75) is 77.4 Å². The van der Waals surface area contributed by atoms with Gasteiger partial charge < -0.3 is 15.6 Å². The zero-order valence-electron chi connectivity index (χ0n) is 13.5. The summed E-state index contributed by atoms with van der Waals surface area (Å²) in [7, 11) is 0. The van der Waals surface area contributed by atoms with Crippen molar-refractivity contribution in [2.75, 3.05) is 13.2 Å². The van der Waals surface area contributed by atoms with Crippen molar-refractivity contribution in [1.82, 2.24) is 0 Å². The molecule has 3 N–H and O–H groups in total. The van der Waals surface area contributed by atoms with Gasteiger partial charge in [0, 0.05) is 12.1 Å². The van der Waals surface area contributed by atoms with Crippen LogP contribution in [-0.4, -0.2) is 30.0 Å². The van der Waals surface area contributed by atoms with Crippen molar-refractivity contribution in [3.8, 4) is 0 Å². The minimum atomic E-state index is -0.345. The number of ether oxygens (including phenoxy) is 1. The number of hydrogen-bond acceptors (Lipinski definition) is 3. The summed E-state index contributed by atoms with van der Waals surface area (Å²) in [5.74, 6) is 1.20. The summed E-state index contributed by atoms with van der Waals surface area (Å²) in [6.07, 6.45) is 8.35. The zero-order valence-corrected chi connectivity index (χ0v) is 13.5. The van der Waals surface area contributed by atoms with E-state index in [1.807, 2.05) is 0 Å². The molecular weight excluding hydrogens is 250 g/mol. The predicted molar refractivity (Wildman–Crippen MR) is 82.5 cm³/mol. The topological polar surface area (TPSA) is 55.5 Å². The third kappa shape index (κ3) is 3.96. The van der Waals surface area contributed by atoms with E-state index in [0.29, 0.717) is 17.4 Å². The normalized spacial score (nSPS) is 41.0. The second-order valence-corrected chi connectivity index (χ2v) is 8.18. The lowest BCUT2D eigenvalue weighted by Gasteiger charge is -2.39. The highest BCUT2D eigenvalue weighted by molar-refractivity contribution is 4.96. The summed E-state index contributed by atoms with van der Waals surface area (Å²) in [5, 5.41) is 9.48. The van der Waals surface area contributed by atoms with Gasteiger partial charge in [0.25, 0.3) is 0 Å². The average Bonchev–Trinajstić information content (AvgIpc) is 2.69. The minimum Gasteiger partial charge on any atom is -0.394 e. The third-order valence-electron chi connectivity index (χ3n) is 5.47. The lowest BCUT2D eigenvalue weighted by Crippen LogP contribution is -2.47. The van der Waals surface area contributed by atoms with E-state index < -0.39 is 0 Å². The Kier molecular flexibility index (Phi) is 5.14. The van der Waals surface area contributed by atoms with Crippen molar-refractivity contribution < 1.29 is 9.84 Å². The molecule has 20 heavy (non-hydrogen) atoms. The molecule has 2 rings (SSSR count). The van der Waals surface area contributed by atoms with Crippen molar-refractivity contribution in [1.29, 1.82) is 0 Å². The van der Waals surface area contributed by atoms with E-state index >= 15 is 0 Å². The molecule has 4 atom stereocenters. The molecule has 2 saturated carbocycles. The maximum absolute atomic E-state index is 9.48. The van der Waals surface area contributed by atoms with E-state index in [2.05, 4.69) is 20.8 Å². The molecule has 0 saturated heterocycles. The molecule has 2 aliphatic carbocycles. The molecule has 0 aliphatic heterocycles. The molecule has 3 heteroatoms. The van der Waals surface area contributed by atoms with Crippen LogP contribution in [0.3, 0.4) is 0 Å². The highest BCUT2D eigenvalue weighted by atomic mass is 16.5. The third-order valence-corrected chi connectivity index (χ3v) is 5.47. The van der Waals surface area contributed by atoms with Crippen LogP contribution >= 0.6 is 0 Å². The first kappa shape index (κ1) is 16.3. The van der Waals surface area contributed by atoms with E-state index in [9.17, 15) is 5.11 Å². The molecule has 118 valence electrons. The summed E-state index contributed by atoms with van der Waals surface area (Å²) >= 11 is 0. The van der Waals surface area contributed by atoms with Crippen LogP contribution in [0.1, 0.15) is 65.7 Å². The first-order valence-corrected chi connectivity index (χ1v) is 8.36. The minimum absolute atomic E-state index is 0.116. The molecule has 0 radical (unpaired) electrons. The Balaban J connectivity index is 1.76. The standard InChI is InChI=1S/C17H33NO2/c1-13-9-15(11-16(2,3)10-13)20-8-6-14-5-4-7-17(14,18)12-19/h13-15,19H,4-12,18H2,1-3H3. The Morgan fingerprint density at radius 1 is 1.30 bits per heavy atom. The fourth-order valence-corrected chi connectivity index (χ4v) is 4.57. The molecule has 2 aliphatic rings. The summed E-state index contributed by atoms with van der Waals surface area (Å²) in [6.45, 7) is 7.96. The molecule has 4 unspecified atom stereocenters. The Morgan fingerprint density at radius 3 is 2.70 bits per heavy atom. The molecule has 0 bridgehead atoms. The number of nitrogens with two attached hydrogens (primary N) is 1. The van der Waals surface area contributed by atoms with Crippen LogP contribution < -0.4 is 5.73 Å². The summed E-state index contributed by atoms with van der Waals surface area (Å²) in [5.41, 5.74) is 6.35. The first-order chi connectivity index (χ1) is 9.35. The molecule has 0 amide bonds. The van der Waals surface area contributed by atoms with Crippen molar-refractivity contribution in [2.24, 2.45) is 23.0 Å². The van der Waals surface area contributed by atoms with Crippen LogP contribution in [0.4, 0.5) is 0 Å². The fraction of sp³-hybridized carbons (Fsp3) is 1.00. The molecule has 0 heterocycles. The zero-order chi connectivity index (χ0) is 14.8. The first-order valence-electron chi connectivity index (χ1n) is 8.36. The molecular formula is C17H33NO2. The maximum atomic E-state index is 9.48. The van der Waals surface area contributed by atoms with E-state index in [1.165, 1.54) is 19.3 Å². The molecule has 0 aromatic carbocycles. The van der Waals surface area contributed by atoms with Crippen LogP contribution in [0.15, 0.2) is 0 Å². The smallest absolute Gasteiger partial charge is 0.0613 e. The quantitative estimate of drug-likeness (QED) is 0.815. The Bertz CT molecular complexity index is 318. The highest BCUT2D eigenvalue weighted by Crippen LogP contribution is 2.40. The van der Waals surface area contributed by atoms with Gasteiger partial charge in [-0.15, -0.1) is 0 Å². The number of aliphatic hydroxyl groups is 1. The Labute approximate surface area is 124 Å². The van der Waals surface area contributed by atoms with Crippen molar-refractivity contribution >= 4 is 0 Å². The van der Waals surface area contributed by atoms with Crippen LogP contribution in [0, 0.1) is 17.3 Å². The second kappa shape index (κ2) is 6.33. The van der Waals surface area contributed by atoms with Gasteiger partial charge >= 0.3 is 0 Å². The van der Waals surface area contributed by atoms with Crippen LogP contribution in [-0.2, 0) is 4.74 Å². The number of rotatable bonds is 5. The van der Waals surface area contributed by atoms with Gasteiger partial charge in [-0.2, -0.15) is 0 Å². The van der Waals surface area contributed by atoms with Gasteiger partial charge in [0.2, 0.25) is 0 Å². The van der Waals surface area contributed by atoms with Crippen LogP contribution in [0.25, 0.3) is 0 Å². The number of hydrogen-bond donors (Lipinski definition) is 2. The van der Waals surface area contributed by atoms with Gasteiger partial charge in [0.15, 0.2) is 0 Å². The van der Waals surface area contributed by atoms with Gasteiger partial charge in [0.1, 0.15) is 0 Å². The van der Waals surface area contributed by atoms with Gasteiger partial charge in [0.05, 0.1) is 12.7 Å². The van der Waals surface area contributed by atoms with Crippen molar-refractivity contribution in [3.05, 3.63) is 0 Å². The van der Waals surface area contributed by atoms with E-state index in [4.69, 9.17) is 10.5 Å². The summed E-state index contributed by atoms with van der Waals surface area (Å²) in [6, 6.07) is 0. The van der Waals surface area contributed by atoms with Gasteiger partial charge in [-0.1, -0.05) is 27.2 Å². The Hall–Kier alpha value is -0.120. The van der Waals surface area contributed by atoms with E-state index in [0.717, 1.165) is 38.2 Å². The van der Waals surface area contributed by atoms with Gasteiger partial charge in [-0.05, 0) is 55.8 Å². The molecule has 0 aromatic rings. The number of aliphatic hydroxyl groups excluding tert-OH is 1. The molecule has 2 fully saturated rings.